The van der Waals surface area contributed by atoms with E-state index in [4.69, 9.17) is 0 Å². The zero-order valence-corrected chi connectivity index (χ0v) is 9.88. The normalized spacial score (nSPS) is 14.1. The van der Waals surface area contributed by atoms with Crippen LogP contribution in [-0.4, -0.2) is 29.5 Å². The summed E-state index contributed by atoms with van der Waals surface area (Å²) < 4.78 is 4.50. The van der Waals surface area contributed by atoms with Gasteiger partial charge in [-0.1, -0.05) is 0 Å². The van der Waals surface area contributed by atoms with Crippen LogP contribution in [0.1, 0.15) is 23.2 Å². The fraction of sp³-hybridized carbons (Fsp3) is 0.455. The van der Waals surface area contributed by atoms with Gasteiger partial charge in [0.2, 0.25) is 5.82 Å². The van der Waals surface area contributed by atoms with Crippen LogP contribution in [0.5, 0.6) is 0 Å². The van der Waals surface area contributed by atoms with E-state index in [1.165, 1.54) is 19.4 Å². The van der Waals surface area contributed by atoms with Gasteiger partial charge in [0.05, 0.1) is 17.6 Å². The van der Waals surface area contributed by atoms with E-state index in [2.05, 4.69) is 15.0 Å². The van der Waals surface area contributed by atoms with Crippen LogP contribution in [-0.2, 0) is 4.74 Å². The maximum atomic E-state index is 11.3. The highest BCUT2D eigenvalue weighted by Crippen LogP contribution is 2.30. The molecule has 0 amide bonds. The molecule has 0 bridgehead atoms. The first-order valence-electron chi connectivity index (χ1n) is 5.58. The smallest absolute Gasteiger partial charge is 0.339 e. The van der Waals surface area contributed by atoms with Crippen molar-refractivity contribution in [3.05, 3.63) is 27.9 Å². The molecule has 1 aliphatic rings. The van der Waals surface area contributed by atoms with Gasteiger partial charge in [-0.15, -0.1) is 0 Å². The summed E-state index contributed by atoms with van der Waals surface area (Å²) in [6, 6.07) is 1.17. The Hall–Kier alpha value is -2.18. The number of aromatic nitrogens is 1. The summed E-state index contributed by atoms with van der Waals surface area (Å²) in [6.07, 6.45) is 3.55. The topological polar surface area (TPSA) is 94.4 Å². The molecule has 1 heterocycles. The lowest BCUT2D eigenvalue weighted by Crippen LogP contribution is -2.10. The van der Waals surface area contributed by atoms with Crippen LogP contribution >= 0.6 is 0 Å². The predicted molar refractivity (Wildman–Crippen MR) is 63.4 cm³/mol. The first kappa shape index (κ1) is 12.3. The quantitative estimate of drug-likeness (QED) is 0.485. The number of nitro groups is 1. The van der Waals surface area contributed by atoms with Crippen molar-refractivity contribution in [2.45, 2.75) is 12.8 Å². The number of rotatable bonds is 5. The van der Waals surface area contributed by atoms with Gasteiger partial charge in [0, 0.05) is 18.8 Å². The Balaban J connectivity index is 2.22. The molecule has 1 aromatic heterocycles. The van der Waals surface area contributed by atoms with Gasteiger partial charge < -0.3 is 10.1 Å². The molecule has 0 unspecified atom stereocenters. The minimum Gasteiger partial charge on any atom is -0.465 e. The molecular weight excluding hydrogens is 238 g/mol. The van der Waals surface area contributed by atoms with Crippen LogP contribution in [0.2, 0.25) is 0 Å². The maximum Gasteiger partial charge on any atom is 0.339 e. The van der Waals surface area contributed by atoms with Gasteiger partial charge in [-0.3, -0.25) is 10.1 Å². The van der Waals surface area contributed by atoms with Crippen LogP contribution in [0.4, 0.5) is 11.5 Å². The lowest BCUT2D eigenvalue weighted by Gasteiger charge is -2.06. The highest BCUT2D eigenvalue weighted by Gasteiger charge is 2.24. The van der Waals surface area contributed by atoms with Gasteiger partial charge in [-0.2, -0.15) is 0 Å². The Morgan fingerprint density at radius 3 is 2.94 bits per heavy atom. The molecular formula is C11H13N3O4. The van der Waals surface area contributed by atoms with Crippen molar-refractivity contribution in [3.8, 4) is 0 Å². The van der Waals surface area contributed by atoms with E-state index in [-0.39, 0.29) is 17.1 Å². The van der Waals surface area contributed by atoms with Crippen LogP contribution in [0.15, 0.2) is 12.3 Å². The molecule has 1 fully saturated rings. The van der Waals surface area contributed by atoms with E-state index >= 15 is 0 Å². The van der Waals surface area contributed by atoms with Gasteiger partial charge in [-0.25, -0.2) is 9.78 Å². The molecule has 1 aromatic rings. The van der Waals surface area contributed by atoms with Crippen molar-refractivity contribution >= 4 is 17.5 Å². The summed E-state index contributed by atoms with van der Waals surface area (Å²) in [5.74, 6) is 0.130. The average molecular weight is 251 g/mol. The standard InChI is InChI=1S/C11H13N3O4/c1-18-11(15)8-4-9(14(16)17)10(13-6-8)12-5-7-2-3-7/h4,6-7H,2-3,5H2,1H3,(H,12,13). The number of nitrogens with zero attached hydrogens (tertiary/aromatic N) is 2. The van der Waals surface area contributed by atoms with Gasteiger partial charge in [0.1, 0.15) is 0 Å². The molecule has 1 N–H and O–H groups in total. The Kier molecular flexibility index (Phi) is 3.40. The molecule has 0 spiro atoms. The minimum atomic E-state index is -0.639. The van der Waals surface area contributed by atoms with Gasteiger partial charge >= 0.3 is 11.7 Å². The summed E-state index contributed by atoms with van der Waals surface area (Å²) in [5, 5.41) is 13.9. The zero-order valence-electron chi connectivity index (χ0n) is 9.88. The molecule has 7 heteroatoms. The van der Waals surface area contributed by atoms with Crippen LogP contribution in [0.25, 0.3) is 0 Å². The predicted octanol–water partition coefficient (Wildman–Crippen LogP) is 1.60. The highest BCUT2D eigenvalue weighted by molar-refractivity contribution is 5.90. The number of hydrogen-bond acceptors (Lipinski definition) is 6. The van der Waals surface area contributed by atoms with E-state index in [1.54, 1.807) is 0 Å². The monoisotopic (exact) mass is 251 g/mol. The van der Waals surface area contributed by atoms with Crippen molar-refractivity contribution in [2.24, 2.45) is 5.92 Å². The molecule has 0 aromatic carbocycles. The molecule has 7 nitrogen and oxygen atoms in total. The lowest BCUT2D eigenvalue weighted by atomic mass is 10.2. The third kappa shape index (κ3) is 2.73. The third-order valence-electron chi connectivity index (χ3n) is 2.74. The van der Waals surface area contributed by atoms with Gasteiger partial charge in [-0.05, 0) is 18.8 Å². The zero-order chi connectivity index (χ0) is 13.1. The molecule has 18 heavy (non-hydrogen) atoms. The van der Waals surface area contributed by atoms with Crippen molar-refractivity contribution in [1.82, 2.24) is 4.98 Å². The van der Waals surface area contributed by atoms with Crippen LogP contribution in [0, 0.1) is 16.0 Å². The first-order valence-corrected chi connectivity index (χ1v) is 5.58. The number of pyridine rings is 1. The Morgan fingerprint density at radius 1 is 1.67 bits per heavy atom. The largest absolute Gasteiger partial charge is 0.465 e. The second kappa shape index (κ2) is 4.99. The highest BCUT2D eigenvalue weighted by atomic mass is 16.6. The van der Waals surface area contributed by atoms with E-state index in [0.717, 1.165) is 12.8 Å². The summed E-state index contributed by atoms with van der Waals surface area (Å²) in [5.41, 5.74) is -0.139. The van der Waals surface area contributed by atoms with E-state index in [9.17, 15) is 14.9 Å². The number of carbonyl (C=O) groups is 1. The molecule has 0 radical (unpaired) electrons. The van der Waals surface area contributed by atoms with Crippen LogP contribution in [0.3, 0.4) is 0 Å². The average Bonchev–Trinajstić information content (AvgIpc) is 3.19. The number of ether oxygens (including phenoxy) is 1. The van der Waals surface area contributed by atoms with Gasteiger partial charge in [0.15, 0.2) is 0 Å². The number of methoxy groups -OCH3 is 1. The molecule has 1 aliphatic carbocycles. The first-order chi connectivity index (χ1) is 8.61. The molecule has 1 saturated carbocycles. The van der Waals surface area contributed by atoms with Crippen molar-refractivity contribution in [1.29, 1.82) is 0 Å². The van der Waals surface area contributed by atoms with Gasteiger partial charge in [0.25, 0.3) is 0 Å². The van der Waals surface area contributed by atoms with Crippen molar-refractivity contribution in [3.63, 3.8) is 0 Å². The second-order valence-corrected chi connectivity index (χ2v) is 4.16. The Bertz CT molecular complexity index is 485. The van der Waals surface area contributed by atoms with E-state index < -0.39 is 10.9 Å². The fourth-order valence-corrected chi connectivity index (χ4v) is 1.52. The second-order valence-electron chi connectivity index (χ2n) is 4.16. The molecule has 0 aliphatic heterocycles. The van der Waals surface area contributed by atoms with Crippen molar-refractivity contribution in [2.75, 3.05) is 19.0 Å². The third-order valence-corrected chi connectivity index (χ3v) is 2.74. The summed E-state index contributed by atoms with van der Waals surface area (Å²) in [7, 11) is 1.22. The Labute approximate surface area is 103 Å². The molecule has 96 valence electrons. The number of nitrogens with one attached hydrogen (secondary N) is 1. The lowest BCUT2D eigenvalue weighted by molar-refractivity contribution is -0.384. The number of hydrogen-bond donors (Lipinski definition) is 1. The molecule has 0 atom stereocenters. The maximum absolute atomic E-state index is 11.3. The SMILES string of the molecule is COC(=O)c1cnc(NCC2CC2)c([N+](=O)[O-])c1. The number of esters is 1. The number of carbonyl (C=O) groups excluding carboxylic acids is 1. The van der Waals surface area contributed by atoms with E-state index in [1.807, 2.05) is 0 Å². The molecule has 2 rings (SSSR count). The number of anilines is 1. The molecule has 0 saturated heterocycles. The Morgan fingerprint density at radius 2 is 2.39 bits per heavy atom. The summed E-state index contributed by atoms with van der Waals surface area (Å²) in [6.45, 7) is 0.672. The van der Waals surface area contributed by atoms with Crippen molar-refractivity contribution < 1.29 is 14.5 Å². The summed E-state index contributed by atoms with van der Waals surface area (Å²) >= 11 is 0. The van der Waals surface area contributed by atoms with E-state index in [0.29, 0.717) is 12.5 Å². The fourth-order valence-electron chi connectivity index (χ4n) is 1.52. The summed E-state index contributed by atoms with van der Waals surface area (Å²) in [4.78, 5) is 25.5. The van der Waals surface area contributed by atoms with Crippen LogP contribution < -0.4 is 5.32 Å². The minimum absolute atomic E-state index is 0.0705.